The monoisotopic (exact) mass is 322 g/mol. The quantitative estimate of drug-likeness (QED) is 0.336. The molecule has 4 aromatic carbocycles. The molecule has 25 heavy (non-hydrogen) atoms. The standard InChI is InChI=1S/C25H22/c1-4-16-9-12-19-17(13-16)10-11-18-14-24-22(15-21(18)19)20-7-5-6-8-23(20)25(24,2)3/h5-15H,4H2,1-3H3. The van der Waals surface area contributed by atoms with E-state index in [0.29, 0.717) is 0 Å². The van der Waals surface area contributed by atoms with Crippen LogP contribution in [-0.4, -0.2) is 0 Å². The summed E-state index contributed by atoms with van der Waals surface area (Å²) in [6, 6.07) is 25.2. The van der Waals surface area contributed by atoms with Gasteiger partial charge in [0.2, 0.25) is 0 Å². The molecule has 0 spiro atoms. The first-order valence-electron chi connectivity index (χ1n) is 9.19. The van der Waals surface area contributed by atoms with Crippen LogP contribution in [0.5, 0.6) is 0 Å². The molecule has 0 saturated heterocycles. The van der Waals surface area contributed by atoms with Crippen molar-refractivity contribution in [3.05, 3.63) is 83.4 Å². The lowest BCUT2D eigenvalue weighted by molar-refractivity contribution is 0.661. The second kappa shape index (κ2) is 4.95. The molecule has 0 aromatic heterocycles. The van der Waals surface area contributed by atoms with Gasteiger partial charge in [-0.3, -0.25) is 0 Å². The molecule has 0 fully saturated rings. The van der Waals surface area contributed by atoms with E-state index in [1.165, 1.54) is 49.4 Å². The molecule has 0 N–H and O–H groups in total. The van der Waals surface area contributed by atoms with Crippen molar-refractivity contribution in [3.63, 3.8) is 0 Å². The number of hydrogen-bond acceptors (Lipinski definition) is 0. The van der Waals surface area contributed by atoms with E-state index >= 15 is 0 Å². The first-order chi connectivity index (χ1) is 12.1. The van der Waals surface area contributed by atoms with Crippen LogP contribution in [0, 0.1) is 0 Å². The van der Waals surface area contributed by atoms with E-state index in [0.717, 1.165) is 6.42 Å². The molecule has 4 aromatic rings. The van der Waals surface area contributed by atoms with Crippen LogP contribution in [0.25, 0.3) is 32.7 Å². The maximum atomic E-state index is 2.42. The van der Waals surface area contributed by atoms with Crippen LogP contribution >= 0.6 is 0 Å². The number of rotatable bonds is 1. The maximum Gasteiger partial charge on any atom is 0.0159 e. The van der Waals surface area contributed by atoms with E-state index in [2.05, 4.69) is 87.5 Å². The maximum absolute atomic E-state index is 2.42. The Kier molecular flexibility index (Phi) is 2.92. The minimum Gasteiger partial charge on any atom is -0.0619 e. The summed E-state index contributed by atoms with van der Waals surface area (Å²) >= 11 is 0. The molecule has 0 heteroatoms. The first-order valence-corrected chi connectivity index (χ1v) is 9.19. The average Bonchev–Trinajstić information content (AvgIpc) is 2.87. The normalized spacial score (nSPS) is 14.7. The SMILES string of the molecule is CCc1ccc2c(ccc3cc4c(cc32)-c2ccccc2C4(C)C)c1. The van der Waals surface area contributed by atoms with Crippen molar-refractivity contribution in [2.24, 2.45) is 0 Å². The number of aryl methyl sites for hydroxylation is 1. The number of hydrogen-bond donors (Lipinski definition) is 0. The van der Waals surface area contributed by atoms with Gasteiger partial charge in [-0.05, 0) is 67.9 Å². The van der Waals surface area contributed by atoms with E-state index in [-0.39, 0.29) is 5.41 Å². The van der Waals surface area contributed by atoms with Crippen LogP contribution < -0.4 is 0 Å². The zero-order valence-corrected chi connectivity index (χ0v) is 15.1. The zero-order chi connectivity index (χ0) is 17.2. The fourth-order valence-corrected chi connectivity index (χ4v) is 4.53. The van der Waals surface area contributed by atoms with Gasteiger partial charge >= 0.3 is 0 Å². The van der Waals surface area contributed by atoms with Crippen molar-refractivity contribution in [1.82, 2.24) is 0 Å². The molecule has 0 radical (unpaired) electrons. The predicted octanol–water partition coefficient (Wildman–Crippen LogP) is 6.86. The van der Waals surface area contributed by atoms with Gasteiger partial charge in [-0.1, -0.05) is 75.4 Å². The highest BCUT2D eigenvalue weighted by Crippen LogP contribution is 2.50. The summed E-state index contributed by atoms with van der Waals surface area (Å²) in [6.07, 6.45) is 1.08. The molecule has 1 aliphatic carbocycles. The topological polar surface area (TPSA) is 0 Å². The van der Waals surface area contributed by atoms with Crippen molar-refractivity contribution in [1.29, 1.82) is 0 Å². The Labute approximate surface area is 149 Å². The molecule has 0 heterocycles. The van der Waals surface area contributed by atoms with Crippen LogP contribution in [0.3, 0.4) is 0 Å². The summed E-state index contributed by atoms with van der Waals surface area (Å²) in [5.41, 5.74) is 7.16. The lowest BCUT2D eigenvalue weighted by Crippen LogP contribution is -2.14. The van der Waals surface area contributed by atoms with Crippen molar-refractivity contribution in [2.75, 3.05) is 0 Å². The molecular formula is C25H22. The molecule has 0 aliphatic heterocycles. The second-order valence-corrected chi connectivity index (χ2v) is 7.76. The van der Waals surface area contributed by atoms with Gasteiger partial charge in [-0.15, -0.1) is 0 Å². The van der Waals surface area contributed by atoms with E-state index in [9.17, 15) is 0 Å². The molecule has 122 valence electrons. The Bertz CT molecular complexity index is 1150. The summed E-state index contributed by atoms with van der Waals surface area (Å²) in [4.78, 5) is 0. The van der Waals surface area contributed by atoms with E-state index in [4.69, 9.17) is 0 Å². The summed E-state index contributed by atoms with van der Waals surface area (Å²) in [7, 11) is 0. The molecule has 5 rings (SSSR count). The Morgan fingerprint density at radius 1 is 0.680 bits per heavy atom. The van der Waals surface area contributed by atoms with Gasteiger partial charge in [0.1, 0.15) is 0 Å². The molecule has 1 aliphatic rings. The molecule has 0 amide bonds. The van der Waals surface area contributed by atoms with Crippen molar-refractivity contribution < 1.29 is 0 Å². The third kappa shape index (κ3) is 1.94. The number of fused-ring (bicyclic) bond motifs is 6. The highest BCUT2D eigenvalue weighted by Gasteiger charge is 2.35. The summed E-state index contributed by atoms with van der Waals surface area (Å²) in [5, 5.41) is 5.42. The van der Waals surface area contributed by atoms with Gasteiger partial charge in [-0.2, -0.15) is 0 Å². The largest absolute Gasteiger partial charge is 0.0619 e. The van der Waals surface area contributed by atoms with Gasteiger partial charge in [0.05, 0.1) is 0 Å². The van der Waals surface area contributed by atoms with Gasteiger partial charge in [0.15, 0.2) is 0 Å². The summed E-state index contributed by atoms with van der Waals surface area (Å²) < 4.78 is 0. The fraction of sp³-hybridized carbons (Fsp3) is 0.200. The Morgan fingerprint density at radius 2 is 1.44 bits per heavy atom. The molecule has 0 atom stereocenters. The molecular weight excluding hydrogens is 300 g/mol. The van der Waals surface area contributed by atoms with Crippen LogP contribution in [0.4, 0.5) is 0 Å². The van der Waals surface area contributed by atoms with E-state index < -0.39 is 0 Å². The van der Waals surface area contributed by atoms with Crippen LogP contribution in [0.2, 0.25) is 0 Å². The molecule has 0 nitrogen and oxygen atoms in total. The lowest BCUT2D eigenvalue weighted by atomic mass is 9.81. The van der Waals surface area contributed by atoms with Gasteiger partial charge in [-0.25, -0.2) is 0 Å². The van der Waals surface area contributed by atoms with E-state index in [1.807, 2.05) is 0 Å². The average molecular weight is 322 g/mol. The smallest absolute Gasteiger partial charge is 0.0159 e. The lowest BCUT2D eigenvalue weighted by Gasteiger charge is -2.21. The minimum atomic E-state index is 0.0706. The zero-order valence-electron chi connectivity index (χ0n) is 15.1. The van der Waals surface area contributed by atoms with Gasteiger partial charge in [0, 0.05) is 5.41 Å². The van der Waals surface area contributed by atoms with Crippen molar-refractivity contribution in [2.45, 2.75) is 32.6 Å². The predicted molar refractivity (Wildman–Crippen MR) is 108 cm³/mol. The summed E-state index contributed by atoms with van der Waals surface area (Å²) in [5.74, 6) is 0. The highest BCUT2D eigenvalue weighted by molar-refractivity contribution is 6.10. The number of benzene rings is 4. The van der Waals surface area contributed by atoms with E-state index in [1.54, 1.807) is 0 Å². The van der Waals surface area contributed by atoms with Crippen molar-refractivity contribution in [3.8, 4) is 11.1 Å². The third-order valence-corrected chi connectivity index (χ3v) is 6.01. The fourth-order valence-electron chi connectivity index (χ4n) is 4.53. The minimum absolute atomic E-state index is 0.0706. The summed E-state index contributed by atoms with van der Waals surface area (Å²) in [6.45, 7) is 6.91. The highest BCUT2D eigenvalue weighted by atomic mass is 14.4. The molecule has 0 unspecified atom stereocenters. The Balaban J connectivity index is 1.88. The van der Waals surface area contributed by atoms with Crippen LogP contribution in [-0.2, 0) is 11.8 Å². The van der Waals surface area contributed by atoms with Gasteiger partial charge < -0.3 is 0 Å². The first kappa shape index (κ1) is 14.7. The second-order valence-electron chi connectivity index (χ2n) is 7.76. The Morgan fingerprint density at radius 3 is 2.24 bits per heavy atom. The third-order valence-electron chi connectivity index (χ3n) is 6.01. The Hall–Kier alpha value is -2.60. The molecule has 0 saturated carbocycles. The van der Waals surface area contributed by atoms with Crippen LogP contribution in [0.1, 0.15) is 37.5 Å². The molecule has 0 bridgehead atoms. The van der Waals surface area contributed by atoms with Crippen LogP contribution in [0.15, 0.2) is 66.7 Å². The van der Waals surface area contributed by atoms with Crippen molar-refractivity contribution >= 4 is 21.5 Å². The van der Waals surface area contributed by atoms with Gasteiger partial charge in [0.25, 0.3) is 0 Å².